The molecule has 0 unspecified atom stereocenters. The minimum atomic E-state index is -0.607. The first-order valence-electron chi connectivity index (χ1n) is 5.21. The molecule has 0 N–H and O–H groups in total. The quantitative estimate of drug-likeness (QED) is 0.607. The van der Waals surface area contributed by atoms with Crippen LogP contribution in [-0.2, 0) is 6.61 Å². The molecule has 96 valence electrons. The van der Waals surface area contributed by atoms with E-state index in [-0.39, 0.29) is 23.6 Å². The lowest BCUT2D eigenvalue weighted by atomic mass is 10.2. The van der Waals surface area contributed by atoms with Crippen LogP contribution in [-0.4, -0.2) is 15.2 Å². The average molecular weight is 260 g/mol. The van der Waals surface area contributed by atoms with Gasteiger partial charge in [-0.2, -0.15) is 5.26 Å². The summed E-state index contributed by atoms with van der Waals surface area (Å²) in [7, 11) is 0. The van der Waals surface area contributed by atoms with Gasteiger partial charge in [-0.05, 0) is 19.1 Å². The van der Waals surface area contributed by atoms with E-state index in [1.54, 1.807) is 6.92 Å². The fourth-order valence-electron chi connectivity index (χ4n) is 1.38. The van der Waals surface area contributed by atoms with Crippen LogP contribution in [0.3, 0.4) is 0 Å². The van der Waals surface area contributed by atoms with Gasteiger partial charge in [0.25, 0.3) is 0 Å². The fraction of sp³-hybridized carbons (Fsp3) is 0.182. The molecule has 0 amide bonds. The molecule has 8 nitrogen and oxygen atoms in total. The number of hydrogen-bond donors (Lipinski definition) is 0. The molecular formula is C11H8N4O4. The zero-order valence-corrected chi connectivity index (χ0v) is 9.86. The van der Waals surface area contributed by atoms with Gasteiger partial charge in [0.1, 0.15) is 18.0 Å². The van der Waals surface area contributed by atoms with Crippen molar-refractivity contribution < 1.29 is 14.3 Å². The second-order valence-corrected chi connectivity index (χ2v) is 3.64. The first kappa shape index (κ1) is 12.5. The molecular weight excluding hydrogens is 252 g/mol. The Morgan fingerprint density at radius 3 is 2.89 bits per heavy atom. The Bertz CT molecular complexity index is 659. The normalized spacial score (nSPS) is 9.89. The number of nitrogens with zero attached hydrogens (tertiary/aromatic N) is 4. The van der Waals surface area contributed by atoms with Gasteiger partial charge in [-0.1, -0.05) is 10.3 Å². The zero-order chi connectivity index (χ0) is 13.8. The van der Waals surface area contributed by atoms with E-state index in [0.717, 1.165) is 6.07 Å². The fourth-order valence-corrected chi connectivity index (χ4v) is 1.38. The van der Waals surface area contributed by atoms with Crippen molar-refractivity contribution in [3.8, 4) is 11.8 Å². The molecule has 0 saturated heterocycles. The molecule has 2 aromatic rings. The molecule has 1 heterocycles. The van der Waals surface area contributed by atoms with Crippen LogP contribution in [0.1, 0.15) is 17.0 Å². The van der Waals surface area contributed by atoms with E-state index in [1.165, 1.54) is 12.1 Å². The van der Waals surface area contributed by atoms with E-state index in [1.807, 2.05) is 6.07 Å². The number of hydrogen-bond acceptors (Lipinski definition) is 7. The molecule has 0 radical (unpaired) electrons. The Balaban J connectivity index is 2.23. The third kappa shape index (κ3) is 2.66. The third-order valence-electron chi connectivity index (χ3n) is 2.40. The second-order valence-electron chi connectivity index (χ2n) is 3.64. The molecule has 8 heteroatoms. The molecule has 0 aliphatic carbocycles. The molecule has 0 spiro atoms. The lowest BCUT2D eigenvalue weighted by Gasteiger charge is -2.04. The van der Waals surface area contributed by atoms with Crippen LogP contribution < -0.4 is 4.74 Å². The molecule has 19 heavy (non-hydrogen) atoms. The van der Waals surface area contributed by atoms with Gasteiger partial charge in [0, 0.05) is 6.07 Å². The Morgan fingerprint density at radius 2 is 2.32 bits per heavy atom. The number of nitriles is 1. The van der Waals surface area contributed by atoms with Gasteiger partial charge in [-0.25, -0.2) is 4.63 Å². The average Bonchev–Trinajstić information content (AvgIpc) is 2.81. The van der Waals surface area contributed by atoms with Crippen molar-refractivity contribution >= 4 is 5.69 Å². The summed E-state index contributed by atoms with van der Waals surface area (Å²) in [5.41, 5.74) is 0.932. The summed E-state index contributed by atoms with van der Waals surface area (Å²) in [6.45, 7) is 1.68. The Morgan fingerprint density at radius 1 is 1.53 bits per heavy atom. The van der Waals surface area contributed by atoms with Crippen LogP contribution in [0.4, 0.5) is 5.69 Å². The van der Waals surface area contributed by atoms with E-state index >= 15 is 0 Å². The number of rotatable bonds is 4. The SMILES string of the molecule is Cc1nonc1COc1ccc(C#N)cc1[N+](=O)[O-]. The van der Waals surface area contributed by atoms with E-state index < -0.39 is 4.92 Å². The lowest BCUT2D eigenvalue weighted by molar-refractivity contribution is -0.386. The van der Waals surface area contributed by atoms with Crippen LogP contribution in [0.25, 0.3) is 0 Å². The second kappa shape index (κ2) is 5.14. The number of aryl methyl sites for hydroxylation is 1. The number of nitro groups is 1. The summed E-state index contributed by atoms with van der Waals surface area (Å²) in [6, 6.07) is 5.80. The van der Waals surface area contributed by atoms with Gasteiger partial charge in [-0.15, -0.1) is 0 Å². The monoisotopic (exact) mass is 260 g/mol. The van der Waals surface area contributed by atoms with Crippen molar-refractivity contribution in [2.24, 2.45) is 0 Å². The van der Waals surface area contributed by atoms with E-state index in [9.17, 15) is 10.1 Å². The van der Waals surface area contributed by atoms with E-state index in [2.05, 4.69) is 14.9 Å². The number of aromatic nitrogens is 2. The van der Waals surface area contributed by atoms with Crippen LogP contribution in [0.15, 0.2) is 22.8 Å². The third-order valence-corrected chi connectivity index (χ3v) is 2.40. The summed E-state index contributed by atoms with van der Waals surface area (Å²) in [5.74, 6) is 0.0615. The van der Waals surface area contributed by atoms with E-state index in [0.29, 0.717) is 11.4 Å². The van der Waals surface area contributed by atoms with E-state index in [4.69, 9.17) is 10.00 Å². The van der Waals surface area contributed by atoms with Crippen molar-refractivity contribution in [3.05, 3.63) is 45.3 Å². The Hall–Kier alpha value is -2.95. The Labute approximate surface area is 107 Å². The van der Waals surface area contributed by atoms with Gasteiger partial charge in [0.05, 0.1) is 16.6 Å². The maximum Gasteiger partial charge on any atom is 0.312 e. The van der Waals surface area contributed by atoms with Crippen molar-refractivity contribution in [3.63, 3.8) is 0 Å². The van der Waals surface area contributed by atoms with Crippen molar-refractivity contribution in [1.82, 2.24) is 10.3 Å². The first-order valence-corrected chi connectivity index (χ1v) is 5.21. The highest BCUT2D eigenvalue weighted by Crippen LogP contribution is 2.28. The van der Waals surface area contributed by atoms with Crippen LogP contribution in [0, 0.1) is 28.4 Å². The number of ether oxygens (including phenoxy) is 1. The molecule has 0 bridgehead atoms. The van der Waals surface area contributed by atoms with Gasteiger partial charge in [-0.3, -0.25) is 10.1 Å². The summed E-state index contributed by atoms with van der Waals surface area (Å²) < 4.78 is 9.80. The minimum absolute atomic E-state index is 0.00206. The molecule has 1 aromatic heterocycles. The van der Waals surface area contributed by atoms with Gasteiger partial charge < -0.3 is 4.74 Å². The topological polar surface area (TPSA) is 115 Å². The first-order chi connectivity index (χ1) is 9.11. The lowest BCUT2D eigenvalue weighted by Crippen LogP contribution is -2.01. The molecule has 1 aromatic carbocycles. The highest BCUT2D eigenvalue weighted by atomic mass is 16.6. The number of nitro benzene ring substituents is 1. The molecule has 0 fully saturated rings. The van der Waals surface area contributed by atoms with Crippen molar-refractivity contribution in [2.45, 2.75) is 13.5 Å². The Kier molecular flexibility index (Phi) is 3.38. The smallest absolute Gasteiger partial charge is 0.312 e. The van der Waals surface area contributed by atoms with Crippen molar-refractivity contribution in [1.29, 1.82) is 5.26 Å². The molecule has 0 aliphatic heterocycles. The zero-order valence-electron chi connectivity index (χ0n) is 9.86. The summed E-state index contributed by atoms with van der Waals surface area (Å²) in [5, 5.41) is 26.8. The standard InChI is InChI=1S/C11H8N4O4/c1-7-9(14-19-13-7)6-18-11-3-2-8(5-12)4-10(11)15(16)17/h2-4H,6H2,1H3. The summed E-state index contributed by atoms with van der Waals surface area (Å²) in [6.07, 6.45) is 0. The van der Waals surface area contributed by atoms with Gasteiger partial charge in [0.15, 0.2) is 5.75 Å². The minimum Gasteiger partial charge on any atom is -0.480 e. The van der Waals surface area contributed by atoms with Gasteiger partial charge >= 0.3 is 5.69 Å². The molecule has 0 saturated carbocycles. The highest BCUT2D eigenvalue weighted by molar-refractivity contribution is 5.51. The predicted octanol–water partition coefficient (Wildman–Crippen LogP) is 1.74. The summed E-state index contributed by atoms with van der Waals surface area (Å²) in [4.78, 5) is 10.3. The van der Waals surface area contributed by atoms with Crippen LogP contribution in [0.2, 0.25) is 0 Å². The maximum absolute atomic E-state index is 10.9. The van der Waals surface area contributed by atoms with Gasteiger partial charge in [0.2, 0.25) is 0 Å². The van der Waals surface area contributed by atoms with Crippen LogP contribution >= 0.6 is 0 Å². The van der Waals surface area contributed by atoms with Crippen molar-refractivity contribution in [2.75, 3.05) is 0 Å². The predicted molar refractivity (Wildman–Crippen MR) is 61.2 cm³/mol. The number of benzene rings is 1. The molecule has 0 atom stereocenters. The maximum atomic E-state index is 10.9. The van der Waals surface area contributed by atoms with Crippen LogP contribution in [0.5, 0.6) is 5.75 Å². The molecule has 0 aliphatic rings. The largest absolute Gasteiger partial charge is 0.480 e. The highest BCUT2D eigenvalue weighted by Gasteiger charge is 2.17. The summed E-state index contributed by atoms with van der Waals surface area (Å²) >= 11 is 0. The molecule has 2 rings (SSSR count).